The summed E-state index contributed by atoms with van der Waals surface area (Å²) in [5, 5.41) is -0.242. The summed E-state index contributed by atoms with van der Waals surface area (Å²) in [7, 11) is 2.96. The van der Waals surface area contributed by atoms with Crippen molar-refractivity contribution in [2.75, 3.05) is 14.2 Å². The summed E-state index contributed by atoms with van der Waals surface area (Å²) in [6, 6.07) is 15.0. The number of nitrogens with zero attached hydrogens (tertiary/aromatic N) is 2. The molecule has 31 heavy (non-hydrogen) atoms. The monoisotopic (exact) mass is 441 g/mol. The van der Waals surface area contributed by atoms with Crippen molar-refractivity contribution in [3.05, 3.63) is 75.3 Å². The molecule has 9 heteroatoms. The molecule has 0 bridgehead atoms. The molecule has 2 aromatic heterocycles. The van der Waals surface area contributed by atoms with Crippen molar-refractivity contribution in [3.8, 4) is 28.4 Å². The molecular formula is C22H17F2N3O3S. The molecule has 0 atom stereocenters. The van der Waals surface area contributed by atoms with Gasteiger partial charge >= 0.3 is 0 Å². The van der Waals surface area contributed by atoms with E-state index in [9.17, 15) is 13.6 Å². The Labute approximate surface area is 180 Å². The number of fused-ring (bicyclic) bond motifs is 1. The lowest BCUT2D eigenvalue weighted by Gasteiger charge is -2.17. The van der Waals surface area contributed by atoms with Gasteiger partial charge in [-0.1, -0.05) is 24.3 Å². The standard InChI is InChI=1S/C22H17F2N3O3S/c1-29-16-9-5-3-7-12(16)14-11-13(19(23)24)18-20(25-14)27(22(31)26-21(18)28)15-8-4-6-10-17(15)30-2/h3-11,19H,1-2H3,(H,26,28,31). The van der Waals surface area contributed by atoms with Crippen LogP contribution in [0.5, 0.6) is 11.5 Å². The number of aromatic amines is 1. The van der Waals surface area contributed by atoms with E-state index in [-0.39, 0.29) is 21.5 Å². The number of rotatable bonds is 5. The highest BCUT2D eigenvalue weighted by Gasteiger charge is 2.22. The fourth-order valence-corrected chi connectivity index (χ4v) is 3.74. The third-order valence-electron chi connectivity index (χ3n) is 4.84. The summed E-state index contributed by atoms with van der Waals surface area (Å²) in [6.45, 7) is 0. The second-order valence-electron chi connectivity index (χ2n) is 6.56. The molecule has 2 aromatic carbocycles. The van der Waals surface area contributed by atoms with Gasteiger partial charge in [0.05, 0.1) is 31.0 Å². The van der Waals surface area contributed by atoms with Crippen LogP contribution in [0, 0.1) is 4.77 Å². The molecule has 6 nitrogen and oxygen atoms in total. The second-order valence-corrected chi connectivity index (χ2v) is 6.95. The van der Waals surface area contributed by atoms with Crippen molar-refractivity contribution in [2.24, 2.45) is 0 Å². The number of hydrogen-bond donors (Lipinski definition) is 1. The number of para-hydroxylation sites is 3. The van der Waals surface area contributed by atoms with E-state index < -0.39 is 17.5 Å². The van der Waals surface area contributed by atoms with Gasteiger partial charge in [-0.25, -0.2) is 13.8 Å². The van der Waals surface area contributed by atoms with Gasteiger partial charge in [0, 0.05) is 11.1 Å². The topological polar surface area (TPSA) is 69.1 Å². The molecule has 4 rings (SSSR count). The maximum atomic E-state index is 14.1. The van der Waals surface area contributed by atoms with Crippen LogP contribution in [0.2, 0.25) is 0 Å². The van der Waals surface area contributed by atoms with E-state index in [4.69, 9.17) is 21.7 Å². The summed E-state index contributed by atoms with van der Waals surface area (Å²) >= 11 is 5.37. The number of hydrogen-bond acceptors (Lipinski definition) is 5. The zero-order valence-corrected chi connectivity index (χ0v) is 17.4. The maximum absolute atomic E-state index is 14.1. The third kappa shape index (κ3) is 3.57. The molecule has 0 aliphatic heterocycles. The lowest BCUT2D eigenvalue weighted by molar-refractivity contribution is 0.153. The predicted octanol–water partition coefficient (Wildman–Crippen LogP) is 5.07. The Morgan fingerprint density at radius 3 is 2.35 bits per heavy atom. The number of aromatic nitrogens is 3. The van der Waals surface area contributed by atoms with Crippen molar-refractivity contribution in [1.82, 2.24) is 14.5 Å². The summed E-state index contributed by atoms with van der Waals surface area (Å²) in [6.07, 6.45) is -2.91. The van der Waals surface area contributed by atoms with E-state index in [1.54, 1.807) is 48.5 Å². The quantitative estimate of drug-likeness (QED) is 0.438. The number of halogens is 2. The Morgan fingerprint density at radius 2 is 1.68 bits per heavy atom. The van der Waals surface area contributed by atoms with Crippen LogP contribution in [-0.2, 0) is 0 Å². The maximum Gasteiger partial charge on any atom is 0.264 e. The van der Waals surface area contributed by atoms with E-state index in [0.29, 0.717) is 22.7 Å². The minimum absolute atomic E-state index is 0.00282. The van der Waals surface area contributed by atoms with Crippen molar-refractivity contribution in [2.45, 2.75) is 6.43 Å². The van der Waals surface area contributed by atoms with Gasteiger partial charge in [0.2, 0.25) is 0 Å². The van der Waals surface area contributed by atoms with E-state index in [0.717, 1.165) is 0 Å². The molecule has 0 aliphatic rings. The van der Waals surface area contributed by atoms with Gasteiger partial charge < -0.3 is 9.47 Å². The lowest BCUT2D eigenvalue weighted by atomic mass is 10.1. The molecule has 0 fully saturated rings. The molecule has 158 valence electrons. The highest BCUT2D eigenvalue weighted by Crippen LogP contribution is 2.35. The fourth-order valence-electron chi connectivity index (χ4n) is 3.46. The lowest BCUT2D eigenvalue weighted by Crippen LogP contribution is -2.17. The van der Waals surface area contributed by atoms with E-state index in [1.165, 1.54) is 24.9 Å². The van der Waals surface area contributed by atoms with Crippen molar-refractivity contribution >= 4 is 23.3 Å². The van der Waals surface area contributed by atoms with Crippen LogP contribution >= 0.6 is 12.2 Å². The van der Waals surface area contributed by atoms with Crippen LogP contribution in [0.1, 0.15) is 12.0 Å². The van der Waals surface area contributed by atoms with E-state index >= 15 is 0 Å². The number of ether oxygens (including phenoxy) is 2. The number of H-pyrrole nitrogens is 1. The van der Waals surface area contributed by atoms with Crippen LogP contribution in [0.4, 0.5) is 8.78 Å². The Bertz CT molecular complexity index is 1400. The minimum Gasteiger partial charge on any atom is -0.496 e. The average molecular weight is 441 g/mol. The number of pyridine rings is 1. The molecule has 0 unspecified atom stereocenters. The summed E-state index contributed by atoms with van der Waals surface area (Å²) < 4.78 is 40.3. The average Bonchev–Trinajstić information content (AvgIpc) is 2.78. The fraction of sp³-hybridized carbons (Fsp3) is 0.136. The Balaban J connectivity index is 2.19. The third-order valence-corrected chi connectivity index (χ3v) is 5.12. The number of nitrogens with one attached hydrogen (secondary N) is 1. The van der Waals surface area contributed by atoms with Crippen LogP contribution in [0.15, 0.2) is 59.4 Å². The molecule has 2 heterocycles. The molecule has 0 aliphatic carbocycles. The van der Waals surface area contributed by atoms with Gasteiger partial charge in [-0.2, -0.15) is 0 Å². The van der Waals surface area contributed by atoms with Gasteiger partial charge in [-0.3, -0.25) is 14.3 Å². The smallest absolute Gasteiger partial charge is 0.264 e. The highest BCUT2D eigenvalue weighted by molar-refractivity contribution is 7.71. The largest absolute Gasteiger partial charge is 0.496 e. The van der Waals surface area contributed by atoms with Crippen molar-refractivity contribution < 1.29 is 18.3 Å². The normalized spacial score (nSPS) is 11.1. The summed E-state index contributed by atoms with van der Waals surface area (Å²) in [5.74, 6) is 0.900. The Morgan fingerprint density at radius 1 is 1.03 bits per heavy atom. The molecule has 0 saturated carbocycles. The van der Waals surface area contributed by atoms with Crippen LogP contribution in [0.25, 0.3) is 28.0 Å². The van der Waals surface area contributed by atoms with E-state index in [1.807, 2.05) is 0 Å². The van der Waals surface area contributed by atoms with Crippen LogP contribution in [0.3, 0.4) is 0 Å². The molecule has 0 saturated heterocycles. The number of alkyl halides is 2. The van der Waals surface area contributed by atoms with Gasteiger partial charge in [-0.15, -0.1) is 0 Å². The first kappa shape index (κ1) is 20.7. The first-order valence-corrected chi connectivity index (χ1v) is 9.62. The molecule has 1 N–H and O–H groups in total. The second kappa shape index (κ2) is 8.27. The van der Waals surface area contributed by atoms with Gasteiger partial charge in [0.15, 0.2) is 10.4 Å². The molecule has 0 spiro atoms. The first-order valence-electron chi connectivity index (χ1n) is 9.21. The zero-order chi connectivity index (χ0) is 22.1. The molecular weight excluding hydrogens is 424 g/mol. The summed E-state index contributed by atoms with van der Waals surface area (Å²) in [4.78, 5) is 19.7. The molecule has 0 radical (unpaired) electrons. The predicted molar refractivity (Wildman–Crippen MR) is 116 cm³/mol. The van der Waals surface area contributed by atoms with Crippen LogP contribution < -0.4 is 15.0 Å². The van der Waals surface area contributed by atoms with Crippen LogP contribution in [-0.4, -0.2) is 28.8 Å². The zero-order valence-electron chi connectivity index (χ0n) is 16.6. The van der Waals surface area contributed by atoms with Crippen molar-refractivity contribution in [1.29, 1.82) is 0 Å². The highest BCUT2D eigenvalue weighted by atomic mass is 32.1. The van der Waals surface area contributed by atoms with E-state index in [2.05, 4.69) is 9.97 Å². The van der Waals surface area contributed by atoms with Gasteiger partial charge in [-0.05, 0) is 42.5 Å². The van der Waals surface area contributed by atoms with Gasteiger partial charge in [0.25, 0.3) is 12.0 Å². The number of methoxy groups -OCH3 is 2. The SMILES string of the molecule is COc1ccccc1-c1cc(C(F)F)c2c(=O)[nH]c(=S)n(-c3ccccc3OC)c2n1. The molecule has 4 aromatic rings. The summed E-state index contributed by atoms with van der Waals surface area (Å²) in [5.41, 5.74) is -0.0000903. The minimum atomic E-state index is -2.91. The number of benzene rings is 2. The molecule has 0 amide bonds. The Hall–Kier alpha value is -3.59. The van der Waals surface area contributed by atoms with Crippen molar-refractivity contribution in [3.63, 3.8) is 0 Å². The first-order chi connectivity index (χ1) is 15.0. The Kier molecular flexibility index (Phi) is 5.51. The van der Waals surface area contributed by atoms with Gasteiger partial charge in [0.1, 0.15) is 11.5 Å².